The van der Waals surface area contributed by atoms with Gasteiger partial charge in [0, 0.05) is 19.3 Å². The molecule has 1 unspecified atom stereocenters. The first-order valence-corrected chi connectivity index (χ1v) is 27.6. The zero-order valence-electron chi connectivity index (χ0n) is 43.2. The Kier molecular flexibility index (Phi) is 51.4. The van der Waals surface area contributed by atoms with E-state index in [1.54, 1.807) is 0 Å². The summed E-state index contributed by atoms with van der Waals surface area (Å²) in [6.45, 7) is 6.38. The summed E-state index contributed by atoms with van der Waals surface area (Å²) in [5.74, 6) is -0.917. The van der Waals surface area contributed by atoms with Crippen molar-refractivity contribution in [1.82, 2.24) is 0 Å². The van der Waals surface area contributed by atoms with Gasteiger partial charge >= 0.3 is 17.9 Å². The fourth-order valence-electron chi connectivity index (χ4n) is 7.61. The number of rotatable bonds is 49. The van der Waals surface area contributed by atoms with E-state index < -0.39 is 6.10 Å². The average molecular weight is 919 g/mol. The molecule has 0 aromatic heterocycles. The van der Waals surface area contributed by atoms with Crippen LogP contribution in [-0.4, -0.2) is 37.2 Å². The van der Waals surface area contributed by atoms with E-state index in [0.717, 1.165) is 116 Å². The number of carbonyl (C=O) groups is 3. The van der Waals surface area contributed by atoms with Crippen molar-refractivity contribution >= 4 is 17.9 Å². The van der Waals surface area contributed by atoms with Crippen LogP contribution in [0.4, 0.5) is 0 Å². The van der Waals surface area contributed by atoms with E-state index in [1.807, 2.05) is 0 Å². The standard InChI is InChI=1S/C60H102O6/c1-4-7-10-13-16-19-22-25-27-29-30-31-33-35-38-41-44-47-50-53-59(62)65-56-57(55-64-58(61)52-49-46-43-40-37-34-24-21-18-15-12-9-6-3)66-60(63)54-51-48-45-42-39-36-32-28-26-23-20-17-14-11-8-5-2/h7,9-10,12,15-16,18-19,21,24-25,27,30-31,57H,4-6,8,11,13-14,17,20,22-23,26,28-29,32-56H2,1-3H3/b10-7+,12-9+,18-15+,19-16+,24-21+,27-25+,31-30+. The zero-order chi connectivity index (χ0) is 47.9. The van der Waals surface area contributed by atoms with Gasteiger partial charge in [0.2, 0.25) is 0 Å². The fraction of sp³-hybridized carbons (Fsp3) is 0.717. The van der Waals surface area contributed by atoms with Crippen molar-refractivity contribution in [3.8, 4) is 0 Å². The molecule has 0 heterocycles. The lowest BCUT2D eigenvalue weighted by Crippen LogP contribution is -2.30. The van der Waals surface area contributed by atoms with E-state index in [4.69, 9.17) is 14.2 Å². The van der Waals surface area contributed by atoms with Crippen LogP contribution in [0.5, 0.6) is 0 Å². The quantitative estimate of drug-likeness (QED) is 0.0199. The molecule has 6 heteroatoms. The lowest BCUT2D eigenvalue weighted by Gasteiger charge is -2.18. The summed E-state index contributed by atoms with van der Waals surface area (Å²) >= 11 is 0. The summed E-state index contributed by atoms with van der Waals surface area (Å²) in [7, 11) is 0. The van der Waals surface area contributed by atoms with E-state index in [-0.39, 0.29) is 31.1 Å². The van der Waals surface area contributed by atoms with Crippen molar-refractivity contribution < 1.29 is 28.6 Å². The summed E-state index contributed by atoms with van der Waals surface area (Å²) in [6, 6.07) is 0. The Morgan fingerprint density at radius 3 is 1.09 bits per heavy atom. The molecule has 1 atom stereocenters. The molecule has 0 aromatic carbocycles. The summed E-state index contributed by atoms with van der Waals surface area (Å²) < 4.78 is 16.8. The van der Waals surface area contributed by atoms with Crippen molar-refractivity contribution in [2.45, 2.75) is 264 Å². The maximum absolute atomic E-state index is 12.8. The number of hydrogen-bond acceptors (Lipinski definition) is 6. The number of unbranched alkanes of at least 4 members (excludes halogenated alkanes) is 26. The highest BCUT2D eigenvalue weighted by Crippen LogP contribution is 2.16. The van der Waals surface area contributed by atoms with Crippen LogP contribution >= 0.6 is 0 Å². The van der Waals surface area contributed by atoms with Crippen LogP contribution in [0.1, 0.15) is 258 Å². The predicted molar refractivity (Wildman–Crippen MR) is 284 cm³/mol. The molecule has 0 bridgehead atoms. The van der Waals surface area contributed by atoms with E-state index in [2.05, 4.69) is 106 Å². The molecule has 0 rings (SSSR count). The third kappa shape index (κ3) is 51.6. The second kappa shape index (κ2) is 54.2. The number of allylic oxidation sites excluding steroid dienone is 14. The molecule has 0 saturated heterocycles. The molecule has 0 aliphatic heterocycles. The largest absolute Gasteiger partial charge is 0.462 e. The van der Waals surface area contributed by atoms with Crippen molar-refractivity contribution in [3.63, 3.8) is 0 Å². The minimum Gasteiger partial charge on any atom is -0.462 e. The molecular formula is C60H102O6. The molecule has 0 saturated carbocycles. The highest BCUT2D eigenvalue weighted by molar-refractivity contribution is 5.71. The molecule has 0 fully saturated rings. The average Bonchev–Trinajstić information content (AvgIpc) is 3.31. The molecular weight excluding hydrogens is 817 g/mol. The monoisotopic (exact) mass is 919 g/mol. The molecule has 0 aliphatic rings. The number of hydrogen-bond donors (Lipinski definition) is 0. The van der Waals surface area contributed by atoms with E-state index in [1.165, 1.54) is 103 Å². The highest BCUT2D eigenvalue weighted by atomic mass is 16.6. The third-order valence-corrected chi connectivity index (χ3v) is 11.7. The van der Waals surface area contributed by atoms with Crippen LogP contribution in [0.15, 0.2) is 85.1 Å². The van der Waals surface area contributed by atoms with Crippen molar-refractivity contribution in [3.05, 3.63) is 85.1 Å². The molecule has 66 heavy (non-hydrogen) atoms. The minimum atomic E-state index is -0.790. The zero-order valence-corrected chi connectivity index (χ0v) is 43.2. The van der Waals surface area contributed by atoms with Crippen LogP contribution in [0.3, 0.4) is 0 Å². The van der Waals surface area contributed by atoms with Crippen LogP contribution in [0.2, 0.25) is 0 Å². The van der Waals surface area contributed by atoms with Crippen LogP contribution < -0.4 is 0 Å². The Bertz CT molecular complexity index is 1290. The smallest absolute Gasteiger partial charge is 0.306 e. The topological polar surface area (TPSA) is 78.9 Å². The third-order valence-electron chi connectivity index (χ3n) is 11.7. The van der Waals surface area contributed by atoms with Crippen LogP contribution in [0, 0.1) is 0 Å². The van der Waals surface area contributed by atoms with Gasteiger partial charge in [-0.25, -0.2) is 0 Å². The Hall–Kier alpha value is -3.41. The second-order valence-corrected chi connectivity index (χ2v) is 18.1. The van der Waals surface area contributed by atoms with Crippen molar-refractivity contribution in [2.24, 2.45) is 0 Å². The molecule has 6 nitrogen and oxygen atoms in total. The van der Waals surface area contributed by atoms with E-state index >= 15 is 0 Å². The van der Waals surface area contributed by atoms with Crippen molar-refractivity contribution in [2.75, 3.05) is 13.2 Å². The molecule has 0 amide bonds. The Morgan fingerprint density at radius 2 is 0.667 bits per heavy atom. The fourth-order valence-corrected chi connectivity index (χ4v) is 7.61. The van der Waals surface area contributed by atoms with Crippen LogP contribution in [0.25, 0.3) is 0 Å². The van der Waals surface area contributed by atoms with Gasteiger partial charge < -0.3 is 14.2 Å². The molecule has 0 aliphatic carbocycles. The minimum absolute atomic E-state index is 0.0895. The molecule has 378 valence electrons. The Balaban J connectivity index is 4.40. The Labute approximate surface area is 407 Å². The highest BCUT2D eigenvalue weighted by Gasteiger charge is 2.19. The normalized spacial score (nSPS) is 12.7. The van der Waals surface area contributed by atoms with Crippen LogP contribution in [-0.2, 0) is 28.6 Å². The summed E-state index contributed by atoms with van der Waals surface area (Å²) in [4.78, 5) is 38.1. The first kappa shape index (κ1) is 62.6. The van der Waals surface area contributed by atoms with Gasteiger partial charge in [-0.2, -0.15) is 0 Å². The van der Waals surface area contributed by atoms with Gasteiger partial charge in [0.25, 0.3) is 0 Å². The Morgan fingerprint density at radius 1 is 0.333 bits per heavy atom. The maximum Gasteiger partial charge on any atom is 0.306 e. The maximum atomic E-state index is 12.8. The summed E-state index contributed by atoms with van der Waals surface area (Å²) in [6.07, 6.45) is 70.0. The molecule has 0 aromatic rings. The first-order valence-electron chi connectivity index (χ1n) is 27.6. The molecule has 0 spiro atoms. The molecule has 0 N–H and O–H groups in total. The van der Waals surface area contributed by atoms with Crippen molar-refractivity contribution in [1.29, 1.82) is 0 Å². The molecule has 0 radical (unpaired) electrons. The van der Waals surface area contributed by atoms with Gasteiger partial charge in [-0.15, -0.1) is 0 Å². The van der Waals surface area contributed by atoms with Gasteiger partial charge in [0.1, 0.15) is 13.2 Å². The van der Waals surface area contributed by atoms with Gasteiger partial charge in [-0.3, -0.25) is 14.4 Å². The SMILES string of the molecule is CC/C=C/C=C/C=C/CCCCCCCC(=O)OCC(COC(=O)CCCCCCCC/C=C/C/C=C/C/C=C/C/C=C/CC)OC(=O)CCCCCCCCCCCCCCCCCC. The predicted octanol–water partition coefficient (Wildman–Crippen LogP) is 18.4. The van der Waals surface area contributed by atoms with Gasteiger partial charge in [0.05, 0.1) is 0 Å². The van der Waals surface area contributed by atoms with Gasteiger partial charge in [0.15, 0.2) is 6.10 Å². The lowest BCUT2D eigenvalue weighted by atomic mass is 10.0. The lowest BCUT2D eigenvalue weighted by molar-refractivity contribution is -0.167. The van der Waals surface area contributed by atoms with Gasteiger partial charge in [-0.1, -0.05) is 247 Å². The number of carbonyl (C=O) groups excluding carboxylic acids is 3. The summed E-state index contributed by atoms with van der Waals surface area (Å²) in [5.41, 5.74) is 0. The van der Waals surface area contributed by atoms with E-state index in [0.29, 0.717) is 19.3 Å². The van der Waals surface area contributed by atoms with E-state index in [9.17, 15) is 14.4 Å². The first-order chi connectivity index (χ1) is 32.5. The van der Waals surface area contributed by atoms with Gasteiger partial charge in [-0.05, 0) is 77.0 Å². The second-order valence-electron chi connectivity index (χ2n) is 18.1. The summed E-state index contributed by atoms with van der Waals surface area (Å²) in [5, 5.41) is 0. The number of esters is 3. The number of ether oxygens (including phenoxy) is 3.